The molecule has 134 valence electrons. The Morgan fingerprint density at radius 3 is 2.80 bits per heavy atom. The summed E-state index contributed by atoms with van der Waals surface area (Å²) in [5.41, 5.74) is 0.885. The van der Waals surface area contributed by atoms with Gasteiger partial charge < -0.3 is 9.80 Å². The van der Waals surface area contributed by atoms with E-state index >= 15 is 0 Å². The van der Waals surface area contributed by atoms with E-state index in [2.05, 4.69) is 10.3 Å². The number of anilines is 1. The van der Waals surface area contributed by atoms with Gasteiger partial charge in [0, 0.05) is 26.2 Å². The van der Waals surface area contributed by atoms with Crippen LogP contribution < -0.4 is 5.32 Å². The first-order chi connectivity index (χ1) is 12.1. The fraction of sp³-hybridized carbons (Fsp3) is 0.500. The molecule has 3 rings (SSSR count). The molecule has 1 unspecified atom stereocenters. The number of nitrogens with one attached hydrogen (secondary N) is 1. The minimum atomic E-state index is -0.170. The lowest BCUT2D eigenvalue weighted by Gasteiger charge is -2.34. The summed E-state index contributed by atoms with van der Waals surface area (Å²) in [5.74, 6) is 0.0530. The van der Waals surface area contributed by atoms with Crippen LogP contribution in [0, 0.1) is 5.92 Å². The molecule has 2 aromatic rings. The molecule has 1 N–H and O–H groups in total. The molecule has 0 radical (unpaired) electrons. The van der Waals surface area contributed by atoms with Crippen LogP contribution in [-0.4, -0.2) is 52.9 Å². The van der Waals surface area contributed by atoms with Gasteiger partial charge in [-0.25, -0.2) is 9.78 Å². The van der Waals surface area contributed by atoms with E-state index in [1.54, 1.807) is 4.90 Å². The molecule has 1 aromatic carbocycles. The summed E-state index contributed by atoms with van der Waals surface area (Å²) in [6, 6.07) is 7.64. The van der Waals surface area contributed by atoms with E-state index in [4.69, 9.17) is 0 Å². The number of benzene rings is 1. The summed E-state index contributed by atoms with van der Waals surface area (Å²) < 4.78 is 1.05. The number of thiazole rings is 1. The fourth-order valence-corrected chi connectivity index (χ4v) is 4.11. The molecule has 1 aliphatic rings. The molecule has 0 spiro atoms. The second kappa shape index (κ2) is 7.82. The maximum Gasteiger partial charge on any atom is 0.323 e. The van der Waals surface area contributed by atoms with E-state index in [1.165, 1.54) is 11.3 Å². The van der Waals surface area contributed by atoms with Crippen molar-refractivity contribution in [2.75, 3.05) is 31.5 Å². The van der Waals surface area contributed by atoms with Gasteiger partial charge in [-0.3, -0.25) is 10.1 Å². The zero-order valence-electron chi connectivity index (χ0n) is 14.7. The molecule has 1 aliphatic heterocycles. The normalized spacial score (nSPS) is 17.5. The van der Waals surface area contributed by atoms with Crippen LogP contribution in [0.3, 0.4) is 0 Å². The molecule has 0 saturated carbocycles. The lowest BCUT2D eigenvalue weighted by Crippen LogP contribution is -2.47. The number of aromatic nitrogens is 1. The van der Waals surface area contributed by atoms with Crippen molar-refractivity contribution in [3.63, 3.8) is 0 Å². The van der Waals surface area contributed by atoms with Crippen LogP contribution in [0.4, 0.5) is 9.93 Å². The number of rotatable bonds is 4. The Balaban J connectivity index is 1.64. The summed E-state index contributed by atoms with van der Waals surface area (Å²) in [6.45, 7) is 6.56. The molecular formula is C18H24N4O2S. The van der Waals surface area contributed by atoms with Crippen molar-refractivity contribution in [2.45, 2.75) is 26.7 Å². The van der Waals surface area contributed by atoms with Gasteiger partial charge in [-0.1, -0.05) is 23.5 Å². The van der Waals surface area contributed by atoms with E-state index in [-0.39, 0.29) is 17.9 Å². The van der Waals surface area contributed by atoms with E-state index in [0.717, 1.165) is 23.1 Å². The molecular weight excluding hydrogens is 336 g/mol. The molecule has 1 aromatic heterocycles. The molecule has 1 atom stereocenters. The van der Waals surface area contributed by atoms with Crippen LogP contribution in [0.2, 0.25) is 0 Å². The summed E-state index contributed by atoms with van der Waals surface area (Å²) in [6.07, 6.45) is 1.70. The van der Waals surface area contributed by atoms with E-state index < -0.39 is 0 Å². The van der Waals surface area contributed by atoms with Crippen molar-refractivity contribution in [1.29, 1.82) is 0 Å². The predicted molar refractivity (Wildman–Crippen MR) is 101 cm³/mol. The van der Waals surface area contributed by atoms with Gasteiger partial charge in [0.15, 0.2) is 5.13 Å². The van der Waals surface area contributed by atoms with Crippen molar-refractivity contribution >= 4 is 38.6 Å². The molecule has 0 aliphatic carbocycles. The zero-order chi connectivity index (χ0) is 17.8. The van der Waals surface area contributed by atoms with Crippen LogP contribution in [0.25, 0.3) is 10.2 Å². The Morgan fingerprint density at radius 1 is 1.32 bits per heavy atom. The van der Waals surface area contributed by atoms with Gasteiger partial charge >= 0.3 is 6.03 Å². The summed E-state index contributed by atoms with van der Waals surface area (Å²) in [5, 5.41) is 3.49. The van der Waals surface area contributed by atoms with E-state index in [1.807, 2.05) is 43.0 Å². The average Bonchev–Trinajstić information content (AvgIpc) is 3.05. The van der Waals surface area contributed by atoms with Gasteiger partial charge in [0.25, 0.3) is 0 Å². The van der Waals surface area contributed by atoms with Crippen LogP contribution in [0.5, 0.6) is 0 Å². The number of carbonyl (C=O) groups excluding carboxylic acids is 2. The lowest BCUT2D eigenvalue weighted by molar-refractivity contribution is -0.136. The quantitative estimate of drug-likeness (QED) is 0.909. The molecule has 3 amide bonds. The van der Waals surface area contributed by atoms with Gasteiger partial charge in [-0.05, 0) is 38.8 Å². The molecule has 1 saturated heterocycles. The Morgan fingerprint density at radius 2 is 2.08 bits per heavy atom. The van der Waals surface area contributed by atoms with Gasteiger partial charge in [0.05, 0.1) is 16.1 Å². The second-order valence-electron chi connectivity index (χ2n) is 6.21. The summed E-state index contributed by atoms with van der Waals surface area (Å²) in [7, 11) is 0. The first kappa shape index (κ1) is 17.7. The molecule has 0 bridgehead atoms. The molecule has 6 nitrogen and oxygen atoms in total. The van der Waals surface area contributed by atoms with Crippen molar-refractivity contribution in [2.24, 2.45) is 5.92 Å². The minimum Gasteiger partial charge on any atom is -0.343 e. The van der Waals surface area contributed by atoms with Crippen LogP contribution in [0.15, 0.2) is 24.3 Å². The smallest absolute Gasteiger partial charge is 0.323 e. The highest BCUT2D eigenvalue weighted by molar-refractivity contribution is 7.22. The third-order valence-electron chi connectivity index (χ3n) is 4.64. The Hall–Kier alpha value is -2.15. The number of fused-ring (bicyclic) bond motifs is 1. The Kier molecular flexibility index (Phi) is 5.53. The number of likely N-dealkylation sites (tertiary alicyclic amines) is 1. The number of hydrogen-bond acceptors (Lipinski definition) is 4. The topological polar surface area (TPSA) is 65.5 Å². The first-order valence-corrected chi connectivity index (χ1v) is 9.64. The Labute approximate surface area is 151 Å². The highest BCUT2D eigenvalue weighted by Crippen LogP contribution is 2.26. The van der Waals surface area contributed by atoms with Crippen molar-refractivity contribution in [1.82, 2.24) is 14.8 Å². The highest BCUT2D eigenvalue weighted by atomic mass is 32.1. The molecule has 25 heavy (non-hydrogen) atoms. The molecule has 2 heterocycles. The predicted octanol–water partition coefficient (Wildman–Crippen LogP) is 3.41. The number of amides is 3. The lowest BCUT2D eigenvalue weighted by atomic mass is 9.96. The monoisotopic (exact) mass is 360 g/mol. The number of para-hydroxylation sites is 1. The Bertz CT molecular complexity index is 723. The highest BCUT2D eigenvalue weighted by Gasteiger charge is 2.30. The van der Waals surface area contributed by atoms with Crippen LogP contribution in [0.1, 0.15) is 26.7 Å². The number of piperidine rings is 1. The maximum atomic E-state index is 12.6. The number of nitrogens with zero attached hydrogens (tertiary/aromatic N) is 3. The minimum absolute atomic E-state index is 0.102. The van der Waals surface area contributed by atoms with Gasteiger partial charge in [0.2, 0.25) is 5.91 Å². The third-order valence-corrected chi connectivity index (χ3v) is 5.59. The van der Waals surface area contributed by atoms with Gasteiger partial charge in [-0.2, -0.15) is 0 Å². The fourth-order valence-electron chi connectivity index (χ4n) is 3.25. The van der Waals surface area contributed by atoms with Gasteiger partial charge in [0.1, 0.15) is 0 Å². The van der Waals surface area contributed by atoms with E-state index in [0.29, 0.717) is 31.3 Å². The standard InChI is InChI=1S/C18H24N4O2S/c1-3-21(4-2)16(23)13-8-7-11-22(12-13)18(24)20-17-19-14-9-5-6-10-15(14)25-17/h5-6,9-10,13H,3-4,7-8,11-12H2,1-2H3,(H,19,20,24). The number of carbonyl (C=O) groups is 2. The van der Waals surface area contributed by atoms with Crippen molar-refractivity contribution < 1.29 is 9.59 Å². The second-order valence-corrected chi connectivity index (χ2v) is 7.24. The van der Waals surface area contributed by atoms with E-state index in [9.17, 15) is 9.59 Å². The van der Waals surface area contributed by atoms with Crippen LogP contribution in [-0.2, 0) is 4.79 Å². The average molecular weight is 360 g/mol. The maximum absolute atomic E-state index is 12.6. The SMILES string of the molecule is CCN(CC)C(=O)C1CCCN(C(=O)Nc2nc3ccccc3s2)C1. The largest absolute Gasteiger partial charge is 0.343 e. The third kappa shape index (κ3) is 3.92. The number of hydrogen-bond donors (Lipinski definition) is 1. The molecule has 1 fully saturated rings. The zero-order valence-corrected chi connectivity index (χ0v) is 15.5. The van der Waals surface area contributed by atoms with Crippen molar-refractivity contribution in [3.8, 4) is 0 Å². The first-order valence-electron chi connectivity index (χ1n) is 8.82. The summed E-state index contributed by atoms with van der Waals surface area (Å²) in [4.78, 5) is 33.2. The summed E-state index contributed by atoms with van der Waals surface area (Å²) >= 11 is 1.46. The van der Waals surface area contributed by atoms with Gasteiger partial charge in [-0.15, -0.1) is 0 Å². The number of urea groups is 1. The molecule has 7 heteroatoms. The van der Waals surface area contributed by atoms with Crippen LogP contribution >= 0.6 is 11.3 Å². The van der Waals surface area contributed by atoms with Crippen molar-refractivity contribution in [3.05, 3.63) is 24.3 Å².